The van der Waals surface area contributed by atoms with Gasteiger partial charge in [0.05, 0.1) is 28.1 Å². The van der Waals surface area contributed by atoms with Crippen molar-refractivity contribution in [3.63, 3.8) is 0 Å². The van der Waals surface area contributed by atoms with Gasteiger partial charge in [-0.1, -0.05) is 11.6 Å². The summed E-state index contributed by atoms with van der Waals surface area (Å²) in [5.74, 6) is 0.558. The number of aryl methyl sites for hydroxylation is 1. The Morgan fingerprint density at radius 1 is 1.38 bits per heavy atom. The van der Waals surface area contributed by atoms with Crippen LogP contribution in [-0.2, 0) is 11.3 Å². The van der Waals surface area contributed by atoms with Gasteiger partial charge in [0.25, 0.3) is 5.56 Å². The molecule has 0 spiro atoms. The molecule has 29 heavy (non-hydrogen) atoms. The van der Waals surface area contributed by atoms with Crippen molar-refractivity contribution in [2.75, 3.05) is 12.4 Å². The predicted molar refractivity (Wildman–Crippen MR) is 111 cm³/mol. The molecule has 3 heterocycles. The van der Waals surface area contributed by atoms with Gasteiger partial charge in [-0.2, -0.15) is 5.10 Å². The van der Waals surface area contributed by atoms with Crippen LogP contribution in [0.5, 0.6) is 5.75 Å². The largest absolute Gasteiger partial charge is 0.495 e. The van der Waals surface area contributed by atoms with Gasteiger partial charge < -0.3 is 14.5 Å². The first-order chi connectivity index (χ1) is 14.0. The van der Waals surface area contributed by atoms with Crippen molar-refractivity contribution in [1.29, 1.82) is 0 Å². The summed E-state index contributed by atoms with van der Waals surface area (Å²) in [6.07, 6.45) is 1.52. The Morgan fingerprint density at radius 2 is 2.21 bits per heavy atom. The van der Waals surface area contributed by atoms with E-state index in [-0.39, 0.29) is 12.1 Å². The average molecular weight is 431 g/mol. The number of rotatable bonds is 5. The van der Waals surface area contributed by atoms with Crippen molar-refractivity contribution in [2.24, 2.45) is 0 Å². The molecule has 0 bridgehead atoms. The summed E-state index contributed by atoms with van der Waals surface area (Å²) in [4.78, 5) is 29.6. The van der Waals surface area contributed by atoms with Crippen LogP contribution in [0.15, 0.2) is 45.8 Å². The first kappa shape index (κ1) is 19.2. The van der Waals surface area contributed by atoms with Gasteiger partial charge in [0.15, 0.2) is 11.3 Å². The quantitative estimate of drug-likeness (QED) is 0.518. The molecule has 1 amide bonds. The number of anilines is 1. The Bertz CT molecular complexity index is 1260. The number of thiazole rings is 1. The molecule has 10 heteroatoms. The number of nitrogens with zero attached hydrogens (tertiary/aromatic N) is 3. The highest BCUT2D eigenvalue weighted by Crippen LogP contribution is 2.30. The second-order valence-electron chi connectivity index (χ2n) is 6.10. The minimum Gasteiger partial charge on any atom is -0.495 e. The summed E-state index contributed by atoms with van der Waals surface area (Å²) >= 11 is 7.43. The van der Waals surface area contributed by atoms with E-state index >= 15 is 0 Å². The van der Waals surface area contributed by atoms with Crippen LogP contribution in [0, 0.1) is 6.92 Å². The third kappa shape index (κ3) is 3.74. The van der Waals surface area contributed by atoms with E-state index in [1.807, 2.05) is 0 Å². The maximum Gasteiger partial charge on any atom is 0.294 e. The van der Waals surface area contributed by atoms with Gasteiger partial charge in [-0.15, -0.1) is 11.3 Å². The molecule has 4 aromatic rings. The Morgan fingerprint density at radius 3 is 2.90 bits per heavy atom. The molecule has 0 atom stereocenters. The second-order valence-corrected chi connectivity index (χ2v) is 7.71. The number of aromatic nitrogens is 3. The Kier molecular flexibility index (Phi) is 5.08. The van der Waals surface area contributed by atoms with Gasteiger partial charge in [0.1, 0.15) is 18.0 Å². The summed E-state index contributed by atoms with van der Waals surface area (Å²) in [6.45, 7) is 1.52. The zero-order valence-electron chi connectivity index (χ0n) is 15.4. The molecule has 4 rings (SSSR count). The van der Waals surface area contributed by atoms with Crippen molar-refractivity contribution in [1.82, 2.24) is 14.8 Å². The molecule has 0 saturated carbocycles. The third-order valence-corrected chi connectivity index (χ3v) is 5.36. The van der Waals surface area contributed by atoms with Gasteiger partial charge in [0, 0.05) is 5.69 Å². The summed E-state index contributed by atoms with van der Waals surface area (Å²) < 4.78 is 12.2. The molecule has 0 aliphatic heterocycles. The molecule has 148 valence electrons. The van der Waals surface area contributed by atoms with E-state index in [4.69, 9.17) is 20.8 Å². The van der Waals surface area contributed by atoms with Crippen molar-refractivity contribution in [3.05, 3.63) is 57.0 Å². The molecule has 3 aromatic heterocycles. The SMILES string of the molecule is COc1ccc(NC(=O)Cn2nc(-c3ccco3)c3sc(C)nc3c2=O)cc1Cl. The second kappa shape index (κ2) is 7.69. The molecule has 0 unspecified atom stereocenters. The van der Waals surface area contributed by atoms with E-state index in [0.717, 1.165) is 9.69 Å². The highest BCUT2D eigenvalue weighted by atomic mass is 35.5. The number of furan rings is 1. The fourth-order valence-corrected chi connectivity index (χ4v) is 3.99. The average Bonchev–Trinajstić information content (AvgIpc) is 3.34. The Balaban J connectivity index is 1.67. The fraction of sp³-hybridized carbons (Fsp3) is 0.158. The van der Waals surface area contributed by atoms with Crippen molar-refractivity contribution in [2.45, 2.75) is 13.5 Å². The molecule has 0 aliphatic carbocycles. The van der Waals surface area contributed by atoms with E-state index < -0.39 is 11.5 Å². The number of nitrogens with one attached hydrogen (secondary N) is 1. The highest BCUT2D eigenvalue weighted by molar-refractivity contribution is 7.19. The number of carbonyl (C=O) groups excluding carboxylic acids is 1. The Hall–Kier alpha value is -3.17. The Labute approximate surface area is 173 Å². The van der Waals surface area contributed by atoms with Gasteiger partial charge in [-0.25, -0.2) is 9.67 Å². The van der Waals surface area contributed by atoms with Crippen LogP contribution < -0.4 is 15.6 Å². The number of ether oxygens (including phenoxy) is 1. The number of halogens is 1. The first-order valence-electron chi connectivity index (χ1n) is 8.52. The number of hydrogen-bond donors (Lipinski definition) is 1. The summed E-state index contributed by atoms with van der Waals surface area (Å²) in [7, 11) is 1.50. The number of methoxy groups -OCH3 is 1. The highest BCUT2D eigenvalue weighted by Gasteiger charge is 2.19. The number of benzene rings is 1. The standard InChI is InChI=1S/C19H15ClN4O4S/c1-10-21-17-18(29-10)16(14-4-3-7-28-14)23-24(19(17)26)9-15(25)22-11-5-6-13(27-2)12(20)8-11/h3-8H,9H2,1-2H3,(H,22,25). The van der Waals surface area contributed by atoms with E-state index in [1.54, 1.807) is 37.3 Å². The molecule has 0 aliphatic rings. The normalized spacial score (nSPS) is 11.0. The summed E-state index contributed by atoms with van der Waals surface area (Å²) in [5.41, 5.74) is 0.762. The minimum absolute atomic E-state index is 0.259. The van der Waals surface area contributed by atoms with Crippen molar-refractivity contribution in [3.8, 4) is 17.2 Å². The molecule has 0 saturated heterocycles. The maximum absolute atomic E-state index is 12.8. The minimum atomic E-state index is -0.442. The zero-order chi connectivity index (χ0) is 20.5. The third-order valence-electron chi connectivity index (χ3n) is 4.09. The molecule has 8 nitrogen and oxygen atoms in total. The lowest BCUT2D eigenvalue weighted by Gasteiger charge is -2.10. The number of hydrogen-bond acceptors (Lipinski definition) is 7. The van der Waals surface area contributed by atoms with Crippen LogP contribution in [0.25, 0.3) is 21.7 Å². The number of amides is 1. The maximum atomic E-state index is 12.8. The van der Waals surface area contributed by atoms with Crippen LogP contribution in [0.3, 0.4) is 0 Å². The molecular formula is C19H15ClN4O4S. The molecular weight excluding hydrogens is 416 g/mol. The summed E-state index contributed by atoms with van der Waals surface area (Å²) in [6, 6.07) is 8.33. The lowest BCUT2D eigenvalue weighted by molar-refractivity contribution is -0.117. The molecule has 0 radical (unpaired) electrons. The van der Waals surface area contributed by atoms with Crippen LogP contribution >= 0.6 is 22.9 Å². The lowest BCUT2D eigenvalue weighted by atomic mass is 10.3. The fourth-order valence-electron chi connectivity index (χ4n) is 2.83. The molecule has 0 fully saturated rings. The van der Waals surface area contributed by atoms with E-state index in [9.17, 15) is 9.59 Å². The van der Waals surface area contributed by atoms with E-state index in [0.29, 0.717) is 32.6 Å². The number of fused-ring (bicyclic) bond motifs is 1. The van der Waals surface area contributed by atoms with Crippen molar-refractivity contribution < 1.29 is 13.9 Å². The van der Waals surface area contributed by atoms with Crippen LogP contribution in [0.4, 0.5) is 5.69 Å². The van der Waals surface area contributed by atoms with E-state index in [1.165, 1.54) is 24.7 Å². The first-order valence-corrected chi connectivity index (χ1v) is 9.71. The lowest BCUT2D eigenvalue weighted by Crippen LogP contribution is -2.30. The molecule has 1 aromatic carbocycles. The van der Waals surface area contributed by atoms with E-state index in [2.05, 4.69) is 15.4 Å². The van der Waals surface area contributed by atoms with Crippen molar-refractivity contribution >= 4 is 44.7 Å². The van der Waals surface area contributed by atoms with Gasteiger partial charge in [-0.05, 0) is 37.3 Å². The molecule has 1 N–H and O–H groups in total. The van der Waals surface area contributed by atoms with Crippen LogP contribution in [0.1, 0.15) is 5.01 Å². The van der Waals surface area contributed by atoms with Crippen LogP contribution in [-0.4, -0.2) is 27.8 Å². The number of carbonyl (C=O) groups is 1. The van der Waals surface area contributed by atoms with Gasteiger partial charge in [-0.3, -0.25) is 9.59 Å². The predicted octanol–water partition coefficient (Wildman–Crippen LogP) is 3.72. The topological polar surface area (TPSA) is 99.2 Å². The van der Waals surface area contributed by atoms with Gasteiger partial charge in [0.2, 0.25) is 5.91 Å². The smallest absolute Gasteiger partial charge is 0.294 e. The van der Waals surface area contributed by atoms with Crippen LogP contribution in [0.2, 0.25) is 5.02 Å². The zero-order valence-corrected chi connectivity index (χ0v) is 17.0. The van der Waals surface area contributed by atoms with Gasteiger partial charge >= 0.3 is 0 Å². The monoisotopic (exact) mass is 430 g/mol. The summed E-state index contributed by atoms with van der Waals surface area (Å²) in [5, 5.41) is 8.14.